The van der Waals surface area contributed by atoms with Crippen LogP contribution in [0.5, 0.6) is 5.75 Å². The second kappa shape index (κ2) is 7.02. The van der Waals surface area contributed by atoms with E-state index in [4.69, 9.17) is 4.74 Å². The number of aryl methyl sites for hydroxylation is 1. The van der Waals surface area contributed by atoms with Gasteiger partial charge < -0.3 is 14.5 Å². The van der Waals surface area contributed by atoms with Gasteiger partial charge in [-0.3, -0.25) is 9.59 Å². The summed E-state index contributed by atoms with van der Waals surface area (Å²) in [5, 5.41) is 0. The number of fused-ring (bicyclic) bond motifs is 1. The predicted molar refractivity (Wildman–Crippen MR) is 88.7 cm³/mol. The maximum absolute atomic E-state index is 12.4. The first-order valence-corrected chi connectivity index (χ1v) is 8.47. The summed E-state index contributed by atoms with van der Waals surface area (Å²) < 4.78 is 5.47. The lowest BCUT2D eigenvalue weighted by Gasteiger charge is -2.30. The molecule has 2 aliphatic rings. The Morgan fingerprint density at radius 2 is 1.91 bits per heavy atom. The second-order valence-corrected chi connectivity index (χ2v) is 6.35. The second-order valence-electron chi connectivity index (χ2n) is 6.35. The van der Waals surface area contributed by atoms with E-state index >= 15 is 0 Å². The molecule has 1 aromatic rings. The van der Waals surface area contributed by atoms with Crippen molar-refractivity contribution in [2.24, 2.45) is 0 Å². The third kappa shape index (κ3) is 3.66. The zero-order valence-electron chi connectivity index (χ0n) is 13.7. The summed E-state index contributed by atoms with van der Waals surface area (Å²) in [6.45, 7) is 4.17. The van der Waals surface area contributed by atoms with Gasteiger partial charge in [-0.2, -0.15) is 0 Å². The normalized spacial score (nSPS) is 18.2. The van der Waals surface area contributed by atoms with Gasteiger partial charge in [-0.25, -0.2) is 0 Å². The fourth-order valence-electron chi connectivity index (χ4n) is 3.24. The Balaban J connectivity index is 1.66. The highest BCUT2D eigenvalue weighted by Gasteiger charge is 2.26. The summed E-state index contributed by atoms with van der Waals surface area (Å²) in [4.78, 5) is 28.3. The van der Waals surface area contributed by atoms with Gasteiger partial charge >= 0.3 is 0 Å². The average molecular weight is 316 g/mol. The molecule has 0 N–H and O–H groups in total. The van der Waals surface area contributed by atoms with Crippen LogP contribution in [0.25, 0.3) is 0 Å². The number of ether oxygens (including phenoxy) is 1. The Morgan fingerprint density at radius 3 is 2.65 bits per heavy atom. The van der Waals surface area contributed by atoms with Crippen molar-refractivity contribution in [2.75, 3.05) is 31.1 Å². The van der Waals surface area contributed by atoms with E-state index in [2.05, 4.69) is 0 Å². The Kier molecular flexibility index (Phi) is 4.84. The molecule has 0 unspecified atom stereocenters. The van der Waals surface area contributed by atoms with Gasteiger partial charge in [-0.05, 0) is 37.5 Å². The molecule has 0 spiro atoms. The van der Waals surface area contributed by atoms with E-state index in [0.717, 1.165) is 42.9 Å². The number of likely N-dealkylation sites (tertiary alicyclic amines) is 1. The molecule has 1 fully saturated rings. The van der Waals surface area contributed by atoms with Crippen molar-refractivity contribution in [3.63, 3.8) is 0 Å². The largest absolute Gasteiger partial charge is 0.482 e. The van der Waals surface area contributed by atoms with Gasteiger partial charge in [0.15, 0.2) is 6.61 Å². The first kappa shape index (κ1) is 15.8. The Bertz CT molecular complexity index is 592. The Labute approximate surface area is 137 Å². The number of carbonyl (C=O) groups is 2. The van der Waals surface area contributed by atoms with Crippen molar-refractivity contribution >= 4 is 17.5 Å². The molecule has 0 radical (unpaired) electrons. The van der Waals surface area contributed by atoms with Crippen LogP contribution in [0.15, 0.2) is 18.2 Å². The van der Waals surface area contributed by atoms with E-state index in [1.165, 1.54) is 12.8 Å². The SMILES string of the molecule is Cc1ccc2c(c1)N(CCC(=O)N1CCCCCC1)C(=O)CO2. The smallest absolute Gasteiger partial charge is 0.265 e. The number of hydrogen-bond donors (Lipinski definition) is 0. The Hall–Kier alpha value is -2.04. The first-order valence-electron chi connectivity index (χ1n) is 8.47. The Morgan fingerprint density at radius 1 is 1.17 bits per heavy atom. The maximum Gasteiger partial charge on any atom is 0.265 e. The topological polar surface area (TPSA) is 49.9 Å². The molecule has 2 aliphatic heterocycles. The molecule has 23 heavy (non-hydrogen) atoms. The van der Waals surface area contributed by atoms with Crippen LogP contribution in [0.3, 0.4) is 0 Å². The van der Waals surface area contributed by atoms with Crippen molar-refractivity contribution < 1.29 is 14.3 Å². The van der Waals surface area contributed by atoms with Crippen LogP contribution in [0, 0.1) is 6.92 Å². The van der Waals surface area contributed by atoms with Gasteiger partial charge in [-0.1, -0.05) is 18.9 Å². The highest BCUT2D eigenvalue weighted by molar-refractivity contribution is 5.98. The molecule has 0 saturated carbocycles. The molecule has 124 valence electrons. The lowest BCUT2D eigenvalue weighted by molar-refractivity contribution is -0.131. The van der Waals surface area contributed by atoms with Crippen molar-refractivity contribution in [2.45, 2.75) is 39.0 Å². The van der Waals surface area contributed by atoms with E-state index in [1.54, 1.807) is 4.90 Å². The minimum absolute atomic E-state index is 0.0496. The molecule has 0 atom stereocenters. The fraction of sp³-hybridized carbons (Fsp3) is 0.556. The number of rotatable bonds is 3. The van der Waals surface area contributed by atoms with Gasteiger partial charge in [0.1, 0.15) is 5.75 Å². The highest BCUT2D eigenvalue weighted by Crippen LogP contribution is 2.32. The third-order valence-corrected chi connectivity index (χ3v) is 4.57. The highest BCUT2D eigenvalue weighted by atomic mass is 16.5. The number of amides is 2. The van der Waals surface area contributed by atoms with E-state index in [9.17, 15) is 9.59 Å². The number of benzene rings is 1. The predicted octanol–water partition coefficient (Wildman–Crippen LogP) is 2.51. The average Bonchev–Trinajstić information content (AvgIpc) is 2.83. The molecule has 5 nitrogen and oxygen atoms in total. The van der Waals surface area contributed by atoms with Crippen LogP contribution >= 0.6 is 0 Å². The van der Waals surface area contributed by atoms with Crippen molar-refractivity contribution in [1.82, 2.24) is 4.90 Å². The van der Waals surface area contributed by atoms with E-state index in [0.29, 0.717) is 13.0 Å². The van der Waals surface area contributed by atoms with Crippen molar-refractivity contribution in [3.05, 3.63) is 23.8 Å². The summed E-state index contributed by atoms with van der Waals surface area (Å²) in [5.41, 5.74) is 1.86. The maximum atomic E-state index is 12.4. The molecule has 2 amide bonds. The quantitative estimate of drug-likeness (QED) is 0.861. The summed E-state index contributed by atoms with van der Waals surface area (Å²) in [6.07, 6.45) is 4.96. The van der Waals surface area contributed by atoms with Crippen LogP contribution in [-0.2, 0) is 9.59 Å². The molecule has 0 bridgehead atoms. The molecule has 0 aliphatic carbocycles. The van der Waals surface area contributed by atoms with Crippen LogP contribution in [0.2, 0.25) is 0 Å². The molecule has 5 heteroatoms. The zero-order chi connectivity index (χ0) is 16.2. The van der Waals surface area contributed by atoms with E-state index in [-0.39, 0.29) is 18.4 Å². The lowest BCUT2D eigenvalue weighted by atomic mass is 10.1. The number of nitrogens with zero attached hydrogens (tertiary/aromatic N) is 2. The van der Waals surface area contributed by atoms with Crippen molar-refractivity contribution in [1.29, 1.82) is 0 Å². The summed E-state index contributed by atoms with van der Waals surface area (Å²) in [6, 6.07) is 5.80. The van der Waals surface area contributed by atoms with Gasteiger partial charge in [0.2, 0.25) is 5.91 Å². The number of carbonyl (C=O) groups excluding carboxylic acids is 2. The van der Waals surface area contributed by atoms with E-state index in [1.807, 2.05) is 30.0 Å². The van der Waals surface area contributed by atoms with E-state index < -0.39 is 0 Å². The van der Waals surface area contributed by atoms with Gasteiger partial charge in [0.05, 0.1) is 5.69 Å². The molecule has 0 aromatic heterocycles. The zero-order valence-corrected chi connectivity index (χ0v) is 13.7. The number of hydrogen-bond acceptors (Lipinski definition) is 3. The minimum atomic E-state index is -0.0771. The summed E-state index contributed by atoms with van der Waals surface area (Å²) >= 11 is 0. The van der Waals surface area contributed by atoms with Crippen LogP contribution < -0.4 is 9.64 Å². The summed E-state index contributed by atoms with van der Waals surface area (Å²) in [5.74, 6) is 0.796. The standard InChI is InChI=1S/C18H24N2O3/c1-14-6-7-16-15(12-14)20(18(22)13-23-16)11-8-17(21)19-9-4-2-3-5-10-19/h6-7,12H,2-5,8-11,13H2,1H3. The van der Waals surface area contributed by atoms with Crippen molar-refractivity contribution in [3.8, 4) is 5.75 Å². The molecule has 1 aromatic carbocycles. The molecule has 3 rings (SSSR count). The minimum Gasteiger partial charge on any atom is -0.482 e. The van der Waals surface area contributed by atoms with Gasteiger partial charge in [0, 0.05) is 26.1 Å². The monoisotopic (exact) mass is 316 g/mol. The first-order chi connectivity index (χ1) is 11.1. The van der Waals surface area contributed by atoms with Gasteiger partial charge in [0.25, 0.3) is 5.91 Å². The molecule has 1 saturated heterocycles. The third-order valence-electron chi connectivity index (χ3n) is 4.57. The molecule has 2 heterocycles. The molecular weight excluding hydrogens is 292 g/mol. The van der Waals surface area contributed by atoms with Gasteiger partial charge in [-0.15, -0.1) is 0 Å². The summed E-state index contributed by atoms with van der Waals surface area (Å²) in [7, 11) is 0. The fourth-order valence-corrected chi connectivity index (χ4v) is 3.24. The van der Waals surface area contributed by atoms with Crippen LogP contribution in [0.1, 0.15) is 37.7 Å². The molecular formula is C18H24N2O3. The lowest BCUT2D eigenvalue weighted by Crippen LogP contribution is -2.42. The number of anilines is 1. The van der Waals surface area contributed by atoms with Crippen LogP contribution in [0.4, 0.5) is 5.69 Å². The van der Waals surface area contributed by atoms with Crippen LogP contribution in [-0.4, -0.2) is 43.0 Å².